The van der Waals surface area contributed by atoms with E-state index in [1.54, 1.807) is 0 Å². The average molecular weight is 808 g/mol. The summed E-state index contributed by atoms with van der Waals surface area (Å²) in [6.07, 6.45) is -1.46. The lowest BCUT2D eigenvalue weighted by molar-refractivity contribution is -0.167. The lowest BCUT2D eigenvalue weighted by Crippen LogP contribution is -2.62. The van der Waals surface area contributed by atoms with E-state index in [1.807, 2.05) is 10.6 Å². The van der Waals surface area contributed by atoms with Gasteiger partial charge in [-0.2, -0.15) is 0 Å². The maximum absolute atomic E-state index is 13.2. The van der Waals surface area contributed by atoms with Crippen molar-refractivity contribution < 1.29 is 79.0 Å². The molecule has 0 rings (SSSR count). The molecule has 0 spiro atoms. The molecule has 0 aromatic heterocycles. The quantitative estimate of drug-likeness (QED) is 0.0188. The molecule has 7 unspecified atom stereocenters. The molecule has 0 aromatic carbocycles. The predicted molar refractivity (Wildman–Crippen MR) is 191 cm³/mol. The van der Waals surface area contributed by atoms with Gasteiger partial charge in [0.1, 0.15) is 24.2 Å². The molecule has 0 aliphatic heterocycles. The van der Waals surface area contributed by atoms with E-state index in [2.05, 4.69) is 22.9 Å². The van der Waals surface area contributed by atoms with Crippen LogP contribution in [0.1, 0.15) is 90.9 Å². The smallest absolute Gasteiger partial charge is 0.335 e. The summed E-state index contributed by atoms with van der Waals surface area (Å²) in [4.78, 5) is 111. The van der Waals surface area contributed by atoms with Crippen LogP contribution >= 0.6 is 0 Å². The van der Waals surface area contributed by atoms with Gasteiger partial charge >= 0.3 is 17.9 Å². The fourth-order valence-electron chi connectivity index (χ4n) is 5.01. The number of carbonyl (C=O) groups is 9. The van der Waals surface area contributed by atoms with Crippen molar-refractivity contribution in [2.75, 3.05) is 19.6 Å². The van der Waals surface area contributed by atoms with Crippen LogP contribution in [0.3, 0.4) is 0 Å². The van der Waals surface area contributed by atoms with Crippen LogP contribution in [-0.2, 0) is 43.2 Å². The van der Waals surface area contributed by atoms with Crippen molar-refractivity contribution >= 4 is 53.4 Å². The first-order valence-corrected chi connectivity index (χ1v) is 18.2. The number of aliphatic carboxylic acids is 3. The molecule has 0 saturated heterocycles. The number of hydrogen-bond donors (Lipinski definition) is 13. The zero-order valence-corrected chi connectivity index (χ0v) is 31.5. The standard InChI is InChI=1S/C33H57N7O16/c1-3-4-5-6-7-8-9-12-21(42)38-25(27(46)33(54)55)30(49)37-19(13-14-34)28(47)39-24(26(45)32(52)53)29(48)35-17-22(43)36-20(31(50)51)11-10-15-40(56)23(44)16-18(2)41/h18-20,24-27,41,45-46,56H,3-17,34H2,1-2H3,(H,35,48)(H,36,43)(H,37,49)(H,38,42)(H,39,47)(H,50,51)(H,52,53)(H,54,55). The van der Waals surface area contributed by atoms with Crippen LogP contribution in [0.25, 0.3) is 0 Å². The Bertz CT molecular complexity index is 1330. The number of nitrogens with two attached hydrogens (primary N) is 1. The molecular weight excluding hydrogens is 750 g/mol. The van der Waals surface area contributed by atoms with Gasteiger partial charge in [-0.25, -0.2) is 19.4 Å². The number of carboxylic acids is 3. The number of aliphatic hydroxyl groups excluding tert-OH is 3. The average Bonchev–Trinajstić information content (AvgIpc) is 3.12. The second kappa shape index (κ2) is 27.6. The largest absolute Gasteiger partial charge is 0.480 e. The summed E-state index contributed by atoms with van der Waals surface area (Å²) in [6.45, 7) is 1.70. The minimum absolute atomic E-state index is 0.106. The Morgan fingerprint density at radius 3 is 1.70 bits per heavy atom. The van der Waals surface area contributed by atoms with E-state index >= 15 is 0 Å². The molecular formula is C33H57N7O16. The molecule has 0 aliphatic carbocycles. The minimum Gasteiger partial charge on any atom is -0.480 e. The van der Waals surface area contributed by atoms with Crippen molar-refractivity contribution in [3.63, 3.8) is 0 Å². The molecule has 0 bridgehead atoms. The van der Waals surface area contributed by atoms with Crippen LogP contribution in [0.4, 0.5) is 0 Å². The zero-order valence-electron chi connectivity index (χ0n) is 31.5. The summed E-state index contributed by atoms with van der Waals surface area (Å²) in [5.74, 6) is -12.3. The maximum Gasteiger partial charge on any atom is 0.335 e. The Morgan fingerprint density at radius 2 is 1.18 bits per heavy atom. The number of amides is 6. The van der Waals surface area contributed by atoms with Gasteiger partial charge in [0.05, 0.1) is 19.1 Å². The van der Waals surface area contributed by atoms with Gasteiger partial charge in [0.15, 0.2) is 12.2 Å². The first-order valence-electron chi connectivity index (χ1n) is 18.2. The number of hydroxylamine groups is 2. The number of hydrogen-bond acceptors (Lipinski definition) is 14. The second-order valence-corrected chi connectivity index (χ2v) is 13.0. The fraction of sp³-hybridized carbons (Fsp3) is 0.727. The van der Waals surface area contributed by atoms with E-state index in [4.69, 9.17) is 5.73 Å². The van der Waals surface area contributed by atoms with Crippen LogP contribution in [0, 0.1) is 0 Å². The van der Waals surface area contributed by atoms with Crippen LogP contribution < -0.4 is 32.3 Å². The van der Waals surface area contributed by atoms with Gasteiger partial charge in [-0.05, 0) is 39.2 Å². The highest BCUT2D eigenvalue weighted by atomic mass is 16.5. The molecule has 7 atom stereocenters. The second-order valence-electron chi connectivity index (χ2n) is 13.0. The SMILES string of the molecule is CCCCCCCCCC(=O)NC(C(=O)NC(CCN)C(=O)NC(C(=O)NCC(=O)NC(CCCN(O)C(=O)CC(C)O)C(=O)O)C(O)C(=O)O)C(O)C(=O)O. The van der Waals surface area contributed by atoms with Crippen LogP contribution in [0.15, 0.2) is 0 Å². The summed E-state index contributed by atoms with van der Waals surface area (Å²) >= 11 is 0. The lowest BCUT2D eigenvalue weighted by atomic mass is 10.1. The monoisotopic (exact) mass is 807 g/mol. The Morgan fingerprint density at radius 1 is 0.625 bits per heavy atom. The molecule has 23 heteroatoms. The topological polar surface area (TPSA) is 385 Å². The highest BCUT2D eigenvalue weighted by Gasteiger charge is 2.38. The molecule has 0 fully saturated rings. The molecule has 0 aromatic rings. The summed E-state index contributed by atoms with van der Waals surface area (Å²) < 4.78 is 0. The number of unbranched alkanes of at least 4 members (excludes halogenated alkanes) is 6. The third-order valence-electron chi connectivity index (χ3n) is 8.09. The van der Waals surface area contributed by atoms with Gasteiger partial charge in [0.25, 0.3) is 0 Å². The van der Waals surface area contributed by atoms with E-state index in [1.165, 1.54) is 6.92 Å². The maximum atomic E-state index is 13.2. The van der Waals surface area contributed by atoms with Gasteiger partial charge in [0.2, 0.25) is 35.4 Å². The Labute approximate surface area is 322 Å². The van der Waals surface area contributed by atoms with Crippen LogP contribution in [0.2, 0.25) is 0 Å². The summed E-state index contributed by atoms with van der Waals surface area (Å²) in [7, 11) is 0. The van der Waals surface area contributed by atoms with E-state index in [0.717, 1.165) is 32.1 Å². The van der Waals surface area contributed by atoms with Gasteiger partial charge in [-0.15, -0.1) is 0 Å². The zero-order chi connectivity index (χ0) is 43.0. The van der Waals surface area contributed by atoms with E-state index < -0.39 is 115 Å². The molecule has 56 heavy (non-hydrogen) atoms. The summed E-state index contributed by atoms with van der Waals surface area (Å²) in [5, 5.41) is 77.9. The Kier molecular flexibility index (Phi) is 25.1. The number of rotatable bonds is 30. The van der Waals surface area contributed by atoms with Gasteiger partial charge in [0, 0.05) is 13.0 Å². The molecule has 0 heterocycles. The highest BCUT2D eigenvalue weighted by molar-refractivity contribution is 5.98. The van der Waals surface area contributed by atoms with Crippen LogP contribution in [-0.4, -0.2) is 156 Å². The van der Waals surface area contributed by atoms with Crippen molar-refractivity contribution in [2.24, 2.45) is 5.73 Å². The van der Waals surface area contributed by atoms with Gasteiger partial charge in [-0.3, -0.25) is 34.0 Å². The van der Waals surface area contributed by atoms with Crippen LogP contribution in [0.5, 0.6) is 0 Å². The molecule has 6 amide bonds. The predicted octanol–water partition coefficient (Wildman–Crippen LogP) is -3.72. The third-order valence-corrected chi connectivity index (χ3v) is 8.09. The Balaban J connectivity index is 5.62. The number of nitrogens with one attached hydrogen (secondary N) is 5. The van der Waals surface area contributed by atoms with Crippen molar-refractivity contribution in [1.29, 1.82) is 0 Å². The van der Waals surface area contributed by atoms with Crippen molar-refractivity contribution in [3.8, 4) is 0 Å². The lowest BCUT2D eigenvalue weighted by Gasteiger charge is -2.27. The Hall–Kier alpha value is -4.97. The highest BCUT2D eigenvalue weighted by Crippen LogP contribution is 2.09. The number of carbonyl (C=O) groups excluding carboxylic acids is 6. The molecule has 320 valence electrons. The normalized spacial score (nSPS) is 14.7. The summed E-state index contributed by atoms with van der Waals surface area (Å²) in [5.41, 5.74) is 5.54. The van der Waals surface area contributed by atoms with Gasteiger partial charge in [-0.1, -0.05) is 45.4 Å². The molecule has 0 aliphatic rings. The van der Waals surface area contributed by atoms with E-state index in [0.29, 0.717) is 12.8 Å². The number of nitrogens with zero attached hydrogens (tertiary/aromatic N) is 1. The first kappa shape index (κ1) is 51.0. The molecule has 23 nitrogen and oxygen atoms in total. The molecule has 14 N–H and O–H groups in total. The van der Waals surface area contributed by atoms with Crippen molar-refractivity contribution in [1.82, 2.24) is 31.6 Å². The number of aliphatic hydroxyl groups is 3. The van der Waals surface area contributed by atoms with Crippen molar-refractivity contribution in [2.45, 2.75) is 133 Å². The molecule has 0 radical (unpaired) electrons. The van der Waals surface area contributed by atoms with E-state index in [9.17, 15) is 79.0 Å². The van der Waals surface area contributed by atoms with Crippen molar-refractivity contribution in [3.05, 3.63) is 0 Å². The first-order chi connectivity index (χ1) is 26.3. The molecule has 0 saturated carbocycles. The van der Waals surface area contributed by atoms with Gasteiger partial charge < -0.3 is 63.0 Å². The fourth-order valence-corrected chi connectivity index (χ4v) is 5.01. The third kappa shape index (κ3) is 20.6. The minimum atomic E-state index is -2.64. The van der Waals surface area contributed by atoms with E-state index in [-0.39, 0.29) is 37.4 Å². The number of carboxylic acid groups (broad SMARTS) is 3. The summed E-state index contributed by atoms with van der Waals surface area (Å²) in [6, 6.07) is -7.77.